The molecular weight excluding hydrogens is 366 g/mol. The molecule has 0 saturated carbocycles. The van der Waals surface area contributed by atoms with Crippen LogP contribution in [0.1, 0.15) is 18.4 Å². The van der Waals surface area contributed by atoms with Crippen molar-refractivity contribution in [1.29, 1.82) is 0 Å². The lowest BCUT2D eigenvalue weighted by Crippen LogP contribution is -2.57. The lowest BCUT2D eigenvalue weighted by atomic mass is 9.91. The highest BCUT2D eigenvalue weighted by atomic mass is 16.5. The van der Waals surface area contributed by atoms with Crippen molar-refractivity contribution in [1.82, 2.24) is 10.1 Å². The molecule has 2 aliphatic rings. The van der Waals surface area contributed by atoms with E-state index in [0.717, 1.165) is 60.9 Å². The molecule has 3 aromatic rings. The molecule has 0 radical (unpaired) electrons. The van der Waals surface area contributed by atoms with E-state index < -0.39 is 0 Å². The smallest absolute Gasteiger partial charge is 0.180 e. The summed E-state index contributed by atoms with van der Waals surface area (Å²) in [6, 6.07) is 16.4. The van der Waals surface area contributed by atoms with Crippen LogP contribution in [0.25, 0.3) is 11.0 Å². The maximum absolute atomic E-state index is 9.28. The largest absolute Gasteiger partial charge is 0.493 e. The third kappa shape index (κ3) is 3.82. The normalized spacial score (nSPS) is 22.6. The molecule has 2 saturated heterocycles. The number of para-hydroxylation sites is 1. The van der Waals surface area contributed by atoms with Gasteiger partial charge in [-0.1, -0.05) is 29.4 Å². The standard InChI is InChI=1S/C23H27N3O3/c27-15-17-4-3-5-20(12-17)28-16-18-8-9-19-14-26(11-10-25(19)13-18)23-21-6-1-2-7-22(21)29-24-23/h1-7,12,18-19,27H,8-11,13-16H2/t18-,19-/m1/s1. The Hall–Kier alpha value is -2.57. The number of aliphatic hydroxyl groups is 1. The molecule has 1 aromatic heterocycles. The Labute approximate surface area is 170 Å². The van der Waals surface area contributed by atoms with Gasteiger partial charge in [0.05, 0.1) is 18.6 Å². The number of anilines is 1. The van der Waals surface area contributed by atoms with E-state index in [1.807, 2.05) is 42.5 Å². The number of piperidine rings is 1. The first-order valence-corrected chi connectivity index (χ1v) is 10.5. The van der Waals surface area contributed by atoms with Gasteiger partial charge >= 0.3 is 0 Å². The van der Waals surface area contributed by atoms with Crippen LogP contribution in [0.3, 0.4) is 0 Å². The zero-order valence-electron chi connectivity index (χ0n) is 16.5. The van der Waals surface area contributed by atoms with Gasteiger partial charge in [0.1, 0.15) is 5.75 Å². The number of rotatable bonds is 5. The predicted molar refractivity (Wildman–Crippen MR) is 112 cm³/mol. The van der Waals surface area contributed by atoms with Gasteiger partial charge in [-0.15, -0.1) is 0 Å². The molecule has 2 aromatic carbocycles. The first-order valence-electron chi connectivity index (χ1n) is 10.5. The van der Waals surface area contributed by atoms with Gasteiger partial charge in [0, 0.05) is 38.1 Å². The van der Waals surface area contributed by atoms with Crippen molar-refractivity contribution in [3.63, 3.8) is 0 Å². The molecule has 152 valence electrons. The Bertz CT molecular complexity index is 973. The highest BCUT2D eigenvalue weighted by molar-refractivity contribution is 5.88. The lowest BCUT2D eigenvalue weighted by Gasteiger charge is -2.46. The van der Waals surface area contributed by atoms with Crippen LogP contribution in [-0.2, 0) is 6.61 Å². The van der Waals surface area contributed by atoms with Crippen LogP contribution in [0, 0.1) is 5.92 Å². The Morgan fingerprint density at radius 3 is 2.93 bits per heavy atom. The fraction of sp³-hybridized carbons (Fsp3) is 0.435. The molecule has 1 N–H and O–H groups in total. The number of ether oxygens (including phenoxy) is 1. The summed E-state index contributed by atoms with van der Waals surface area (Å²) in [5.74, 6) is 2.37. The lowest BCUT2D eigenvalue weighted by molar-refractivity contribution is 0.0726. The average Bonchev–Trinajstić information content (AvgIpc) is 3.21. The summed E-state index contributed by atoms with van der Waals surface area (Å²) in [6.07, 6.45) is 2.35. The van der Waals surface area contributed by atoms with E-state index in [9.17, 15) is 5.11 Å². The van der Waals surface area contributed by atoms with Crippen LogP contribution in [0.2, 0.25) is 0 Å². The van der Waals surface area contributed by atoms with E-state index in [1.165, 1.54) is 12.8 Å². The number of hydrogen-bond acceptors (Lipinski definition) is 6. The number of aromatic nitrogens is 1. The van der Waals surface area contributed by atoms with Crippen molar-refractivity contribution in [2.75, 3.05) is 37.7 Å². The molecule has 29 heavy (non-hydrogen) atoms. The minimum Gasteiger partial charge on any atom is -0.493 e. The molecule has 6 heteroatoms. The number of nitrogens with zero attached hydrogens (tertiary/aromatic N) is 3. The van der Waals surface area contributed by atoms with Crippen LogP contribution in [0.4, 0.5) is 5.82 Å². The van der Waals surface area contributed by atoms with Gasteiger partial charge in [-0.3, -0.25) is 4.90 Å². The summed E-state index contributed by atoms with van der Waals surface area (Å²) in [7, 11) is 0. The van der Waals surface area contributed by atoms with E-state index in [0.29, 0.717) is 12.0 Å². The first-order chi connectivity index (χ1) is 14.3. The molecule has 0 amide bonds. The summed E-state index contributed by atoms with van der Waals surface area (Å²) in [5.41, 5.74) is 1.75. The third-order valence-electron chi connectivity index (χ3n) is 6.23. The molecule has 2 aliphatic heterocycles. The van der Waals surface area contributed by atoms with Crippen LogP contribution in [0.5, 0.6) is 5.75 Å². The van der Waals surface area contributed by atoms with E-state index in [1.54, 1.807) is 0 Å². The maximum atomic E-state index is 9.28. The predicted octanol–water partition coefficient (Wildman–Crippen LogP) is 3.30. The van der Waals surface area contributed by atoms with Crippen LogP contribution >= 0.6 is 0 Å². The summed E-state index contributed by atoms with van der Waals surface area (Å²) in [6.45, 7) is 4.88. The van der Waals surface area contributed by atoms with Gasteiger partial charge < -0.3 is 19.3 Å². The molecule has 5 rings (SSSR count). The molecule has 0 unspecified atom stereocenters. The number of benzene rings is 2. The monoisotopic (exact) mass is 393 g/mol. The zero-order chi connectivity index (χ0) is 19.6. The topological polar surface area (TPSA) is 62.0 Å². The molecule has 2 fully saturated rings. The first kappa shape index (κ1) is 18.5. The summed E-state index contributed by atoms with van der Waals surface area (Å²) in [5, 5.41) is 14.7. The number of aliphatic hydroxyl groups excluding tert-OH is 1. The van der Waals surface area contributed by atoms with Crippen molar-refractivity contribution < 1.29 is 14.4 Å². The SMILES string of the molecule is OCc1cccc(OC[C@@H]2CC[C@@H]3CN(c4noc5ccccc45)CCN3C2)c1. The molecule has 0 bridgehead atoms. The zero-order valence-corrected chi connectivity index (χ0v) is 16.5. The molecular formula is C23H27N3O3. The van der Waals surface area contributed by atoms with Crippen molar-refractivity contribution in [2.24, 2.45) is 5.92 Å². The van der Waals surface area contributed by atoms with Crippen molar-refractivity contribution in [3.05, 3.63) is 54.1 Å². The maximum Gasteiger partial charge on any atom is 0.180 e. The Kier molecular flexibility index (Phi) is 5.12. The van der Waals surface area contributed by atoms with Crippen LogP contribution in [-0.4, -0.2) is 54.0 Å². The Morgan fingerprint density at radius 1 is 1.07 bits per heavy atom. The minimum absolute atomic E-state index is 0.0490. The van der Waals surface area contributed by atoms with Crippen LogP contribution < -0.4 is 9.64 Å². The van der Waals surface area contributed by atoms with Gasteiger partial charge in [-0.25, -0.2) is 0 Å². The fourth-order valence-electron chi connectivity index (χ4n) is 4.63. The number of fused-ring (bicyclic) bond motifs is 2. The van der Waals surface area contributed by atoms with Crippen molar-refractivity contribution in [3.8, 4) is 5.75 Å². The quantitative estimate of drug-likeness (QED) is 0.718. The van der Waals surface area contributed by atoms with Crippen molar-refractivity contribution in [2.45, 2.75) is 25.5 Å². The van der Waals surface area contributed by atoms with E-state index in [2.05, 4.69) is 21.0 Å². The number of hydrogen-bond donors (Lipinski definition) is 1. The summed E-state index contributed by atoms with van der Waals surface area (Å²) in [4.78, 5) is 4.99. The van der Waals surface area contributed by atoms with E-state index in [4.69, 9.17) is 9.26 Å². The van der Waals surface area contributed by atoms with Gasteiger partial charge in [-0.05, 0) is 42.7 Å². The molecule has 0 aliphatic carbocycles. The van der Waals surface area contributed by atoms with E-state index >= 15 is 0 Å². The average molecular weight is 393 g/mol. The highest BCUT2D eigenvalue weighted by Gasteiger charge is 2.34. The van der Waals surface area contributed by atoms with Crippen molar-refractivity contribution >= 4 is 16.8 Å². The second-order valence-corrected chi connectivity index (χ2v) is 8.16. The molecule has 0 spiro atoms. The Balaban J connectivity index is 1.18. The molecule has 3 heterocycles. The molecule has 6 nitrogen and oxygen atoms in total. The highest BCUT2D eigenvalue weighted by Crippen LogP contribution is 2.31. The second kappa shape index (κ2) is 8.05. The second-order valence-electron chi connectivity index (χ2n) is 8.16. The summed E-state index contributed by atoms with van der Waals surface area (Å²) < 4.78 is 11.5. The summed E-state index contributed by atoms with van der Waals surface area (Å²) >= 11 is 0. The van der Waals surface area contributed by atoms with Gasteiger partial charge in [0.2, 0.25) is 0 Å². The molecule has 2 atom stereocenters. The van der Waals surface area contributed by atoms with Gasteiger partial charge in [0.15, 0.2) is 11.4 Å². The minimum atomic E-state index is 0.0490. The van der Waals surface area contributed by atoms with Gasteiger partial charge in [-0.2, -0.15) is 0 Å². The van der Waals surface area contributed by atoms with Crippen LogP contribution in [0.15, 0.2) is 53.1 Å². The van der Waals surface area contributed by atoms with E-state index in [-0.39, 0.29) is 6.61 Å². The number of piperazine rings is 1. The fourth-order valence-corrected chi connectivity index (χ4v) is 4.63. The third-order valence-corrected chi connectivity index (χ3v) is 6.23. The Morgan fingerprint density at radius 2 is 2.00 bits per heavy atom. The van der Waals surface area contributed by atoms with Gasteiger partial charge in [0.25, 0.3) is 0 Å².